The minimum Gasteiger partial charge on any atom is -0.382 e. The molecule has 4 heteroatoms. The number of nitrogens with one attached hydrogen (secondary N) is 2. The van der Waals surface area contributed by atoms with Gasteiger partial charge < -0.3 is 5.32 Å². The van der Waals surface area contributed by atoms with Gasteiger partial charge in [-0.15, -0.1) is 0 Å². The molecule has 0 atom stereocenters. The van der Waals surface area contributed by atoms with Crippen LogP contribution in [0.4, 0.5) is 10.1 Å². The molecule has 1 aliphatic heterocycles. The molecule has 0 amide bonds. The standard InChI is InChI=1S/C11H10FN3/c12-9-3-1-2-8-10-7(6-14-15-10)4-5-13-11(8)9/h1-3,6,13H,4-5H2,(H,14,15). The normalized spacial score (nSPS) is 13.7. The van der Waals surface area contributed by atoms with Gasteiger partial charge in [-0.05, 0) is 18.1 Å². The maximum Gasteiger partial charge on any atom is 0.146 e. The number of rotatable bonds is 0. The molecule has 1 aromatic carbocycles. The highest BCUT2D eigenvalue weighted by Gasteiger charge is 2.17. The number of benzene rings is 1. The summed E-state index contributed by atoms with van der Waals surface area (Å²) in [5, 5.41) is 10.0. The Hall–Kier alpha value is -1.84. The van der Waals surface area contributed by atoms with Gasteiger partial charge in [0, 0.05) is 12.1 Å². The van der Waals surface area contributed by atoms with E-state index in [0.717, 1.165) is 29.8 Å². The fourth-order valence-electron chi connectivity index (χ4n) is 1.97. The lowest BCUT2D eigenvalue weighted by atomic mass is 10.1. The summed E-state index contributed by atoms with van der Waals surface area (Å²) in [4.78, 5) is 0. The number of hydrogen-bond acceptors (Lipinski definition) is 2. The quantitative estimate of drug-likeness (QED) is 0.689. The first-order valence-electron chi connectivity index (χ1n) is 4.91. The first kappa shape index (κ1) is 8.47. The van der Waals surface area contributed by atoms with E-state index in [1.165, 1.54) is 6.07 Å². The van der Waals surface area contributed by atoms with Crippen LogP contribution in [-0.2, 0) is 6.42 Å². The van der Waals surface area contributed by atoms with Crippen LogP contribution in [0.5, 0.6) is 0 Å². The van der Waals surface area contributed by atoms with Crippen LogP contribution in [-0.4, -0.2) is 16.7 Å². The van der Waals surface area contributed by atoms with Crippen molar-refractivity contribution >= 4 is 5.69 Å². The number of aromatic nitrogens is 2. The second-order valence-corrected chi connectivity index (χ2v) is 3.61. The number of aromatic amines is 1. The molecule has 0 bridgehead atoms. The molecule has 0 aliphatic carbocycles. The highest BCUT2D eigenvalue weighted by molar-refractivity contribution is 5.78. The number of H-pyrrole nitrogens is 1. The van der Waals surface area contributed by atoms with Gasteiger partial charge in [0.2, 0.25) is 0 Å². The van der Waals surface area contributed by atoms with Crippen molar-refractivity contribution in [2.24, 2.45) is 0 Å². The summed E-state index contributed by atoms with van der Waals surface area (Å²) >= 11 is 0. The lowest BCUT2D eigenvalue weighted by molar-refractivity contribution is 0.631. The van der Waals surface area contributed by atoms with E-state index in [1.54, 1.807) is 12.3 Å². The summed E-state index contributed by atoms with van der Waals surface area (Å²) in [5.41, 5.74) is 3.49. The lowest BCUT2D eigenvalue weighted by Crippen LogP contribution is -2.03. The summed E-state index contributed by atoms with van der Waals surface area (Å²) in [7, 11) is 0. The Morgan fingerprint density at radius 2 is 2.27 bits per heavy atom. The molecule has 2 heterocycles. The van der Waals surface area contributed by atoms with Crippen molar-refractivity contribution in [3.8, 4) is 11.3 Å². The fraction of sp³-hybridized carbons (Fsp3) is 0.182. The summed E-state index contributed by atoms with van der Waals surface area (Å²) < 4.78 is 13.6. The number of halogens is 1. The zero-order chi connectivity index (χ0) is 10.3. The minimum atomic E-state index is -0.213. The molecular weight excluding hydrogens is 193 g/mol. The van der Waals surface area contributed by atoms with Gasteiger partial charge in [-0.1, -0.05) is 12.1 Å². The zero-order valence-corrected chi connectivity index (χ0v) is 8.05. The van der Waals surface area contributed by atoms with Crippen LogP contribution in [0.2, 0.25) is 0 Å². The van der Waals surface area contributed by atoms with Crippen LogP contribution in [0.15, 0.2) is 24.4 Å². The van der Waals surface area contributed by atoms with Gasteiger partial charge in [0.1, 0.15) is 5.82 Å². The molecule has 76 valence electrons. The molecule has 0 radical (unpaired) electrons. The number of anilines is 1. The van der Waals surface area contributed by atoms with Crippen LogP contribution < -0.4 is 5.32 Å². The molecule has 0 saturated heterocycles. The largest absolute Gasteiger partial charge is 0.382 e. The minimum absolute atomic E-state index is 0.213. The Balaban J connectivity index is 2.29. The van der Waals surface area contributed by atoms with Crippen molar-refractivity contribution in [1.29, 1.82) is 0 Å². The maximum absolute atomic E-state index is 13.6. The number of fused-ring (bicyclic) bond motifs is 3. The highest BCUT2D eigenvalue weighted by atomic mass is 19.1. The number of nitrogens with zero attached hydrogens (tertiary/aromatic N) is 1. The van der Waals surface area contributed by atoms with Crippen LogP contribution in [0, 0.1) is 5.82 Å². The van der Waals surface area contributed by atoms with Gasteiger partial charge in [-0.3, -0.25) is 5.10 Å². The van der Waals surface area contributed by atoms with Crippen LogP contribution in [0.25, 0.3) is 11.3 Å². The van der Waals surface area contributed by atoms with Crippen molar-refractivity contribution in [2.45, 2.75) is 6.42 Å². The van der Waals surface area contributed by atoms with Gasteiger partial charge >= 0.3 is 0 Å². The van der Waals surface area contributed by atoms with Crippen molar-refractivity contribution in [3.05, 3.63) is 35.8 Å². The Morgan fingerprint density at radius 3 is 3.20 bits per heavy atom. The van der Waals surface area contributed by atoms with Gasteiger partial charge in [0.25, 0.3) is 0 Å². The summed E-state index contributed by atoms with van der Waals surface area (Å²) in [6.07, 6.45) is 2.66. The Bertz CT molecular complexity index is 504. The van der Waals surface area contributed by atoms with Crippen molar-refractivity contribution in [1.82, 2.24) is 10.2 Å². The first-order chi connectivity index (χ1) is 7.36. The molecule has 0 unspecified atom stereocenters. The van der Waals surface area contributed by atoms with E-state index in [2.05, 4.69) is 15.5 Å². The summed E-state index contributed by atoms with van der Waals surface area (Å²) in [6, 6.07) is 5.08. The second-order valence-electron chi connectivity index (χ2n) is 3.61. The molecule has 3 nitrogen and oxygen atoms in total. The molecule has 1 aromatic heterocycles. The average Bonchev–Trinajstić information content (AvgIpc) is 2.62. The second kappa shape index (κ2) is 3.08. The Kier molecular flexibility index (Phi) is 1.74. The SMILES string of the molecule is Fc1cccc2c1NCCc1cn[nH]c1-2. The van der Waals surface area contributed by atoms with E-state index < -0.39 is 0 Å². The van der Waals surface area contributed by atoms with Crippen LogP contribution in [0.3, 0.4) is 0 Å². The Labute approximate surface area is 86.3 Å². The third-order valence-electron chi connectivity index (χ3n) is 2.70. The molecule has 0 saturated carbocycles. The fourth-order valence-corrected chi connectivity index (χ4v) is 1.97. The third-order valence-corrected chi connectivity index (χ3v) is 2.70. The van der Waals surface area contributed by atoms with E-state index >= 15 is 0 Å². The molecule has 2 aromatic rings. The summed E-state index contributed by atoms with van der Waals surface area (Å²) in [6.45, 7) is 0.737. The first-order valence-corrected chi connectivity index (χ1v) is 4.91. The van der Waals surface area contributed by atoms with Crippen molar-refractivity contribution in [2.75, 3.05) is 11.9 Å². The maximum atomic E-state index is 13.6. The predicted molar refractivity (Wildman–Crippen MR) is 56.2 cm³/mol. The van der Waals surface area contributed by atoms with Gasteiger partial charge in [-0.2, -0.15) is 5.10 Å². The van der Waals surface area contributed by atoms with E-state index in [9.17, 15) is 4.39 Å². The van der Waals surface area contributed by atoms with E-state index in [1.807, 2.05) is 6.07 Å². The topological polar surface area (TPSA) is 40.7 Å². The van der Waals surface area contributed by atoms with E-state index in [0.29, 0.717) is 5.69 Å². The number of para-hydroxylation sites is 1. The zero-order valence-electron chi connectivity index (χ0n) is 8.05. The van der Waals surface area contributed by atoms with E-state index in [-0.39, 0.29) is 5.82 Å². The van der Waals surface area contributed by atoms with Gasteiger partial charge in [0.15, 0.2) is 0 Å². The molecule has 1 aliphatic rings. The molecular formula is C11H10FN3. The van der Waals surface area contributed by atoms with Gasteiger partial charge in [0.05, 0.1) is 17.6 Å². The molecule has 3 rings (SSSR count). The van der Waals surface area contributed by atoms with Gasteiger partial charge in [-0.25, -0.2) is 4.39 Å². The smallest absolute Gasteiger partial charge is 0.146 e. The molecule has 2 N–H and O–H groups in total. The lowest BCUT2D eigenvalue weighted by Gasteiger charge is -2.07. The average molecular weight is 203 g/mol. The Morgan fingerprint density at radius 1 is 1.33 bits per heavy atom. The van der Waals surface area contributed by atoms with Crippen molar-refractivity contribution < 1.29 is 4.39 Å². The summed E-state index contributed by atoms with van der Waals surface area (Å²) in [5.74, 6) is -0.213. The highest BCUT2D eigenvalue weighted by Crippen LogP contribution is 2.33. The molecule has 0 spiro atoms. The van der Waals surface area contributed by atoms with Crippen LogP contribution in [0.1, 0.15) is 5.56 Å². The van der Waals surface area contributed by atoms with E-state index in [4.69, 9.17) is 0 Å². The molecule has 0 fully saturated rings. The number of hydrogen-bond donors (Lipinski definition) is 2. The van der Waals surface area contributed by atoms with Crippen molar-refractivity contribution in [3.63, 3.8) is 0 Å². The third kappa shape index (κ3) is 1.21. The monoisotopic (exact) mass is 203 g/mol. The molecule has 15 heavy (non-hydrogen) atoms. The predicted octanol–water partition coefficient (Wildman–Crippen LogP) is 2.18. The van der Waals surface area contributed by atoms with Crippen LogP contribution >= 0.6 is 0 Å².